The van der Waals surface area contributed by atoms with Gasteiger partial charge in [0.1, 0.15) is 183 Å². The van der Waals surface area contributed by atoms with Crippen molar-refractivity contribution in [2.24, 2.45) is 0 Å². The molecular weight excluding hydrogens is 1370 g/mol. The van der Waals surface area contributed by atoms with E-state index in [-0.39, 0.29) is 0 Å². The highest BCUT2D eigenvalue weighted by atomic mass is 16.8. The number of ether oxygens (including phenoxy) is 14. The summed E-state index contributed by atoms with van der Waals surface area (Å²) in [6.45, 7) is -2.77. The number of nitrogens with one attached hydrogen (secondary N) is 4. The van der Waals surface area contributed by atoms with Crippen LogP contribution in [0.5, 0.6) is 0 Å². The van der Waals surface area contributed by atoms with Crippen molar-refractivity contribution in [2.45, 2.75) is 274 Å². The Balaban J connectivity index is 1.17. The van der Waals surface area contributed by atoms with Gasteiger partial charge in [0.05, 0.1) is 65.0 Å². The van der Waals surface area contributed by atoms with Crippen molar-refractivity contribution in [3.05, 3.63) is 0 Å². The summed E-state index contributed by atoms with van der Waals surface area (Å²) in [5, 5.41) is 251. The van der Waals surface area contributed by atoms with Crippen molar-refractivity contribution < 1.29 is 198 Å². The van der Waals surface area contributed by atoms with E-state index in [0.717, 1.165) is 27.7 Å². The Morgan fingerprint density at radius 2 is 0.760 bits per heavy atom. The van der Waals surface area contributed by atoms with Crippen LogP contribution in [0.4, 0.5) is 0 Å². The first-order chi connectivity index (χ1) is 47.1. The second-order valence-corrected chi connectivity index (χ2v) is 25.2. The van der Waals surface area contributed by atoms with E-state index in [1.165, 1.54) is 6.92 Å². The lowest BCUT2D eigenvalue weighted by molar-refractivity contribution is -0.388. The standard InChI is InChI=1S/C56H96N4O40/c1-14-30(71)39(80)42(83)53(90-14)87-11-20(70)46(31(72)19(6-61)57-15(2)66)97-52-29(60-18(5)69)38(79)47(23(9-64)93-52)99-56-45(86)49(100-55-44(85)41(82)48(24(10-65)94-55)98-51-28(59-17(4)68)37(78)33(74)22(8-63)92-51)35(76)26(96-56)13-89-54-43(84)40(81)34(75)25(95-54)12-88-50-27(58-16(3)67)36(77)32(73)21(7-62)91-50/h14,19-56,61-65,70-86H,6-13H2,1-5H3,(H,57,66)(H,58,67)(H,59,68)(H,60,69)/t14-,19-,20+,21+,22+,23+,24+,25+,26+,27+,28+,29+,30+,31+,32+,33+,34+,35+,36+,37+,38+,39+,40-,41+,42-,43-,44-,45-,46+,47+,48+,49-,50+,51-,52-,53+,54-,55+,56-/m0/s1. The number of aliphatic hydroxyl groups is 22. The van der Waals surface area contributed by atoms with E-state index in [4.69, 9.17) is 66.3 Å². The van der Waals surface area contributed by atoms with Gasteiger partial charge in [-0.2, -0.15) is 0 Å². The van der Waals surface area contributed by atoms with Gasteiger partial charge in [-0.25, -0.2) is 0 Å². The Morgan fingerprint density at radius 1 is 0.370 bits per heavy atom. The quantitative estimate of drug-likeness (QED) is 0.0331. The Morgan fingerprint density at radius 3 is 1.28 bits per heavy atom. The Bertz CT molecular complexity index is 2570. The van der Waals surface area contributed by atoms with Gasteiger partial charge in [-0.05, 0) is 6.92 Å². The summed E-state index contributed by atoms with van der Waals surface area (Å²) in [5.74, 6) is -3.32. The monoisotopic (exact) mass is 1460 g/mol. The number of carbonyl (C=O) groups excluding carboxylic acids is 4. The van der Waals surface area contributed by atoms with Crippen LogP contribution in [0.3, 0.4) is 0 Å². The highest BCUT2D eigenvalue weighted by molar-refractivity contribution is 5.74. The van der Waals surface area contributed by atoms with Crippen LogP contribution in [0.25, 0.3) is 0 Å². The predicted octanol–water partition coefficient (Wildman–Crippen LogP) is -17.2. The fourth-order valence-corrected chi connectivity index (χ4v) is 12.3. The Labute approximate surface area is 568 Å². The minimum absolute atomic E-state index is 0.737. The van der Waals surface area contributed by atoms with E-state index >= 15 is 0 Å². The molecule has 7 aliphatic heterocycles. The van der Waals surface area contributed by atoms with Gasteiger partial charge in [-0.3, -0.25) is 19.2 Å². The predicted molar refractivity (Wildman–Crippen MR) is 312 cm³/mol. The molecule has 0 aromatic heterocycles. The molecule has 7 fully saturated rings. The topological polar surface area (TPSA) is 691 Å². The third-order valence-corrected chi connectivity index (χ3v) is 17.8. The van der Waals surface area contributed by atoms with Crippen molar-refractivity contribution in [1.82, 2.24) is 21.3 Å². The summed E-state index contributed by atoms with van der Waals surface area (Å²) >= 11 is 0. The fourth-order valence-electron chi connectivity index (χ4n) is 12.3. The molecule has 0 aromatic carbocycles. The van der Waals surface area contributed by atoms with Gasteiger partial charge < -0.3 is 200 Å². The number of hydrogen-bond donors (Lipinski definition) is 26. The molecule has 0 unspecified atom stereocenters. The molecule has 0 aliphatic carbocycles. The smallest absolute Gasteiger partial charge is 0.217 e. The molecule has 0 radical (unpaired) electrons. The number of rotatable bonds is 29. The highest BCUT2D eigenvalue weighted by Crippen LogP contribution is 2.37. The molecule has 0 saturated carbocycles. The van der Waals surface area contributed by atoms with Crippen molar-refractivity contribution in [2.75, 3.05) is 52.9 Å². The lowest BCUT2D eigenvalue weighted by atomic mass is 9.94. The average Bonchev–Trinajstić information content (AvgIpc) is 0.771. The molecule has 4 amide bonds. The second-order valence-electron chi connectivity index (χ2n) is 25.2. The first-order valence-electron chi connectivity index (χ1n) is 31.9. The van der Waals surface area contributed by atoms with Crippen molar-refractivity contribution >= 4 is 23.6 Å². The summed E-state index contributed by atoms with van der Waals surface area (Å²) < 4.78 is 81.2. The molecule has 26 N–H and O–H groups in total. The second kappa shape index (κ2) is 37.1. The minimum Gasteiger partial charge on any atom is -0.394 e. The molecule has 0 aromatic rings. The Hall–Kier alpha value is -3.56. The first kappa shape index (κ1) is 83.7. The molecule has 0 spiro atoms. The summed E-state index contributed by atoms with van der Waals surface area (Å²) in [6, 6.07) is -6.82. The maximum Gasteiger partial charge on any atom is 0.217 e. The molecule has 580 valence electrons. The van der Waals surface area contributed by atoms with Gasteiger partial charge in [0.2, 0.25) is 23.6 Å². The van der Waals surface area contributed by atoms with E-state index in [2.05, 4.69) is 21.3 Å². The molecule has 39 atom stereocenters. The van der Waals surface area contributed by atoms with Crippen LogP contribution in [0.1, 0.15) is 34.6 Å². The maximum atomic E-state index is 13.0. The van der Waals surface area contributed by atoms with Gasteiger partial charge in [0, 0.05) is 27.7 Å². The lowest BCUT2D eigenvalue weighted by Crippen LogP contribution is -2.70. The van der Waals surface area contributed by atoms with Crippen molar-refractivity contribution in [3.63, 3.8) is 0 Å². The van der Waals surface area contributed by atoms with E-state index in [1.807, 2.05) is 0 Å². The first-order valence-corrected chi connectivity index (χ1v) is 31.9. The normalized spacial score (nSPS) is 45.4. The summed E-state index contributed by atoms with van der Waals surface area (Å²) in [5.41, 5.74) is 0. The van der Waals surface area contributed by atoms with Crippen LogP contribution in [0.15, 0.2) is 0 Å². The van der Waals surface area contributed by atoms with Crippen LogP contribution >= 0.6 is 0 Å². The van der Waals surface area contributed by atoms with Gasteiger partial charge in [0.25, 0.3) is 0 Å². The maximum absolute atomic E-state index is 13.0. The summed E-state index contributed by atoms with van der Waals surface area (Å²) in [7, 11) is 0. The van der Waals surface area contributed by atoms with E-state index in [1.54, 1.807) is 0 Å². The van der Waals surface area contributed by atoms with E-state index in [0.29, 0.717) is 0 Å². The molecule has 7 aliphatic rings. The van der Waals surface area contributed by atoms with Crippen LogP contribution in [0, 0.1) is 0 Å². The van der Waals surface area contributed by atoms with Crippen LogP contribution in [0.2, 0.25) is 0 Å². The summed E-state index contributed by atoms with van der Waals surface area (Å²) in [4.78, 5) is 49.5. The van der Waals surface area contributed by atoms with Gasteiger partial charge in [-0.15, -0.1) is 0 Å². The zero-order valence-electron chi connectivity index (χ0n) is 54.4. The average molecular weight is 1470 g/mol. The summed E-state index contributed by atoms with van der Waals surface area (Å²) in [6.07, 6.45) is -69.5. The van der Waals surface area contributed by atoms with Crippen molar-refractivity contribution in [1.29, 1.82) is 0 Å². The molecule has 7 heterocycles. The zero-order valence-corrected chi connectivity index (χ0v) is 54.4. The van der Waals surface area contributed by atoms with Crippen LogP contribution < -0.4 is 21.3 Å². The number of aliphatic hydroxyl groups excluding tert-OH is 22. The third-order valence-electron chi connectivity index (χ3n) is 17.8. The molecule has 7 rings (SSSR count). The van der Waals surface area contributed by atoms with Crippen molar-refractivity contribution in [3.8, 4) is 0 Å². The van der Waals surface area contributed by atoms with E-state index in [9.17, 15) is 132 Å². The molecule has 44 nitrogen and oxygen atoms in total. The SMILES string of the molecule is CC(=O)N[C@H]1[C@H](O[C@@H]([C@H](O)[C@H](CO)NC(C)=O)[C@H](O)CO[C@@H]2O[C@@H](C)[C@@H](O)[C@@H](O)[C@@H]2O)O[C@H](CO)[C@@H](O[C@@H]2O[C@H](CO[C@H]3O[C@H](CO[C@@H]4O[C@H](CO)[C@@H](O)[C@H](O)[C@H]4NC(C)=O)[C@@H](O)[C@H](O)[C@@H]3O)[C@@H](O)[C@H](O[C@H]3O[C@H](CO)[C@@H](O[C@@H]4O[C@H](CO)[C@@H](O)[C@H](O)[C@H]4NC(C)=O)[C@H](O)[C@@H]3O)[C@@H]2O)[C@@H]1O. The van der Waals surface area contributed by atoms with Crippen LogP contribution in [-0.2, 0) is 85.5 Å². The van der Waals surface area contributed by atoms with E-state index < -0.39 is 316 Å². The molecule has 0 bridgehead atoms. The third kappa shape index (κ3) is 19.5. The molecule has 44 heteroatoms. The van der Waals surface area contributed by atoms with Gasteiger partial charge in [0.15, 0.2) is 44.0 Å². The number of amides is 4. The fraction of sp³-hybridized carbons (Fsp3) is 0.929. The van der Waals surface area contributed by atoms with Crippen LogP contribution in [-0.4, -0.2) is 428 Å². The Kier molecular flexibility index (Phi) is 31.1. The van der Waals surface area contributed by atoms with Gasteiger partial charge in [-0.1, -0.05) is 0 Å². The zero-order chi connectivity index (χ0) is 74.2. The molecular formula is C56H96N4O40. The minimum atomic E-state index is -2.46. The largest absolute Gasteiger partial charge is 0.394 e. The number of hydrogen-bond acceptors (Lipinski definition) is 40. The van der Waals surface area contributed by atoms with Gasteiger partial charge >= 0.3 is 0 Å². The molecule has 100 heavy (non-hydrogen) atoms. The highest BCUT2D eigenvalue weighted by Gasteiger charge is 2.58. The molecule has 7 saturated heterocycles. The lowest BCUT2D eigenvalue weighted by Gasteiger charge is -2.50. The number of carbonyl (C=O) groups is 4.